The highest BCUT2D eigenvalue weighted by atomic mass is 127. The Morgan fingerprint density at radius 1 is 1.22 bits per heavy atom. The minimum absolute atomic E-state index is 0. The third-order valence-electron chi connectivity index (χ3n) is 3.30. The Bertz CT molecular complexity index is 512. The average Bonchev–Trinajstić information content (AvgIpc) is 2.53. The highest BCUT2D eigenvalue weighted by molar-refractivity contribution is 14.0. The van der Waals surface area contributed by atoms with Crippen LogP contribution in [-0.2, 0) is 6.54 Å². The topological polar surface area (TPSA) is 54.9 Å². The zero-order valence-corrected chi connectivity index (χ0v) is 18.3. The molecular formula is C16H27BrIN3O2. The molecule has 0 aliphatic rings. The summed E-state index contributed by atoms with van der Waals surface area (Å²) in [7, 11) is 3.26. The van der Waals surface area contributed by atoms with Crippen molar-refractivity contribution in [2.45, 2.75) is 39.8 Å². The first-order valence-corrected chi connectivity index (χ1v) is 8.30. The third kappa shape index (κ3) is 7.15. The van der Waals surface area contributed by atoms with Gasteiger partial charge in [-0.25, -0.2) is 4.99 Å². The first-order valence-electron chi connectivity index (χ1n) is 7.50. The van der Waals surface area contributed by atoms with Crippen molar-refractivity contribution in [3.8, 4) is 11.5 Å². The van der Waals surface area contributed by atoms with Crippen LogP contribution in [0.3, 0.4) is 0 Å². The second kappa shape index (κ2) is 11.8. The van der Waals surface area contributed by atoms with E-state index < -0.39 is 0 Å². The molecule has 0 aromatic heterocycles. The van der Waals surface area contributed by atoms with Gasteiger partial charge in [-0.3, -0.25) is 0 Å². The summed E-state index contributed by atoms with van der Waals surface area (Å²) in [6.07, 6.45) is 1.05. The zero-order valence-electron chi connectivity index (χ0n) is 14.4. The van der Waals surface area contributed by atoms with Gasteiger partial charge in [-0.15, -0.1) is 24.0 Å². The molecule has 0 saturated heterocycles. The predicted molar refractivity (Wildman–Crippen MR) is 110 cm³/mol. The second-order valence-corrected chi connectivity index (χ2v) is 5.80. The maximum atomic E-state index is 5.34. The molecule has 1 aromatic rings. The average molecular weight is 500 g/mol. The molecule has 7 heteroatoms. The number of hydrogen-bond donors (Lipinski definition) is 2. The van der Waals surface area contributed by atoms with Crippen LogP contribution in [0.5, 0.6) is 11.5 Å². The van der Waals surface area contributed by atoms with Crippen molar-refractivity contribution in [1.29, 1.82) is 0 Å². The Labute approximate surface area is 164 Å². The highest BCUT2D eigenvalue weighted by Crippen LogP contribution is 2.33. The summed E-state index contributed by atoms with van der Waals surface area (Å²) >= 11 is 3.56. The lowest BCUT2D eigenvalue weighted by molar-refractivity contribution is 0.354. The molecule has 1 atom stereocenters. The van der Waals surface area contributed by atoms with Gasteiger partial charge in [0.25, 0.3) is 0 Å². The number of nitrogens with zero attached hydrogens (tertiary/aromatic N) is 1. The molecule has 1 rings (SSSR count). The van der Waals surface area contributed by atoms with Crippen molar-refractivity contribution < 1.29 is 9.47 Å². The molecule has 0 amide bonds. The van der Waals surface area contributed by atoms with Crippen LogP contribution in [0.4, 0.5) is 0 Å². The van der Waals surface area contributed by atoms with E-state index in [1.54, 1.807) is 14.2 Å². The number of guanidine groups is 1. The fourth-order valence-electron chi connectivity index (χ4n) is 1.84. The lowest BCUT2D eigenvalue weighted by Crippen LogP contribution is -2.41. The molecule has 0 fully saturated rings. The summed E-state index contributed by atoms with van der Waals surface area (Å²) in [5, 5.41) is 6.63. The Morgan fingerprint density at radius 3 is 2.35 bits per heavy atom. The Morgan fingerprint density at radius 2 is 1.83 bits per heavy atom. The molecule has 0 heterocycles. The van der Waals surface area contributed by atoms with Gasteiger partial charge in [0.2, 0.25) is 0 Å². The van der Waals surface area contributed by atoms with Crippen molar-refractivity contribution >= 4 is 45.9 Å². The fraction of sp³-hybridized carbons (Fsp3) is 0.562. The molecule has 0 aliphatic carbocycles. The number of aliphatic imine (C=N–C) groups is 1. The molecule has 1 aromatic carbocycles. The van der Waals surface area contributed by atoms with Gasteiger partial charge in [0.1, 0.15) is 0 Å². The molecule has 2 N–H and O–H groups in total. The van der Waals surface area contributed by atoms with E-state index in [4.69, 9.17) is 9.47 Å². The molecule has 1 unspecified atom stereocenters. The van der Waals surface area contributed by atoms with Gasteiger partial charge in [-0.1, -0.05) is 22.9 Å². The molecule has 0 spiro atoms. The number of halogens is 2. The molecule has 0 aliphatic heterocycles. The molecule has 5 nitrogen and oxygen atoms in total. The largest absolute Gasteiger partial charge is 0.493 e. The van der Waals surface area contributed by atoms with Crippen molar-refractivity contribution in [3.63, 3.8) is 0 Å². The second-order valence-electron chi connectivity index (χ2n) is 4.95. The monoisotopic (exact) mass is 499 g/mol. The van der Waals surface area contributed by atoms with E-state index >= 15 is 0 Å². The van der Waals surface area contributed by atoms with Crippen LogP contribution in [0.2, 0.25) is 0 Å². The van der Waals surface area contributed by atoms with E-state index in [1.165, 1.54) is 0 Å². The summed E-state index contributed by atoms with van der Waals surface area (Å²) in [6.45, 7) is 7.72. The summed E-state index contributed by atoms with van der Waals surface area (Å²) in [4.78, 5) is 4.63. The SMILES string of the molecule is CCNC(=NCc1cc(OC)c(OC)cc1Br)NC(C)CC.I. The molecule has 0 radical (unpaired) electrons. The van der Waals surface area contributed by atoms with Gasteiger partial charge in [0.15, 0.2) is 17.5 Å². The minimum atomic E-state index is 0. The standard InChI is InChI=1S/C16H26BrN3O2.HI/c1-6-11(3)20-16(18-7-2)19-10-12-8-14(21-4)15(22-5)9-13(12)17;/h8-9,11H,6-7,10H2,1-5H3,(H2,18,19,20);1H. The number of nitrogens with one attached hydrogen (secondary N) is 2. The van der Waals surface area contributed by atoms with Crippen molar-refractivity contribution in [3.05, 3.63) is 22.2 Å². The minimum Gasteiger partial charge on any atom is -0.493 e. The molecule has 0 bridgehead atoms. The van der Waals surface area contributed by atoms with Crippen molar-refractivity contribution in [1.82, 2.24) is 10.6 Å². The van der Waals surface area contributed by atoms with Crippen LogP contribution in [0.1, 0.15) is 32.8 Å². The van der Waals surface area contributed by atoms with Crippen molar-refractivity contribution in [2.75, 3.05) is 20.8 Å². The normalized spacial score (nSPS) is 12.2. The Hall–Kier alpha value is -0.700. The molecular weight excluding hydrogens is 473 g/mol. The molecule has 132 valence electrons. The zero-order chi connectivity index (χ0) is 16.5. The molecule has 23 heavy (non-hydrogen) atoms. The number of hydrogen-bond acceptors (Lipinski definition) is 3. The van der Waals surface area contributed by atoms with Crippen LogP contribution in [0.15, 0.2) is 21.6 Å². The fourth-order valence-corrected chi connectivity index (χ4v) is 2.28. The summed E-state index contributed by atoms with van der Waals surface area (Å²) in [6, 6.07) is 4.23. The van der Waals surface area contributed by atoms with Gasteiger partial charge in [0.05, 0.1) is 20.8 Å². The van der Waals surface area contributed by atoms with Gasteiger partial charge in [-0.05, 0) is 38.0 Å². The van der Waals surface area contributed by atoms with E-state index in [0.717, 1.165) is 29.0 Å². The summed E-state index contributed by atoms with van der Waals surface area (Å²) in [5.41, 5.74) is 1.04. The van der Waals surface area contributed by atoms with Crippen LogP contribution < -0.4 is 20.1 Å². The predicted octanol–water partition coefficient (Wildman–Crippen LogP) is 3.94. The van der Waals surface area contributed by atoms with E-state index in [2.05, 4.69) is 52.3 Å². The lowest BCUT2D eigenvalue weighted by atomic mass is 10.2. The van der Waals surface area contributed by atoms with E-state index in [0.29, 0.717) is 24.1 Å². The van der Waals surface area contributed by atoms with E-state index in [-0.39, 0.29) is 24.0 Å². The lowest BCUT2D eigenvalue weighted by Gasteiger charge is -2.16. The van der Waals surface area contributed by atoms with Gasteiger partial charge < -0.3 is 20.1 Å². The first-order chi connectivity index (χ1) is 10.5. The number of ether oxygens (including phenoxy) is 2. The first kappa shape index (κ1) is 22.3. The van der Waals surface area contributed by atoms with Gasteiger partial charge in [0, 0.05) is 17.1 Å². The van der Waals surface area contributed by atoms with Crippen LogP contribution >= 0.6 is 39.9 Å². The van der Waals surface area contributed by atoms with Crippen LogP contribution in [0.25, 0.3) is 0 Å². The summed E-state index contributed by atoms with van der Waals surface area (Å²) in [5.74, 6) is 2.22. The van der Waals surface area contributed by atoms with Gasteiger partial charge in [-0.2, -0.15) is 0 Å². The molecule has 0 saturated carbocycles. The van der Waals surface area contributed by atoms with Crippen LogP contribution in [0, 0.1) is 0 Å². The van der Waals surface area contributed by atoms with E-state index in [1.807, 2.05) is 12.1 Å². The quantitative estimate of drug-likeness (QED) is 0.339. The summed E-state index contributed by atoms with van der Waals surface area (Å²) < 4.78 is 11.6. The highest BCUT2D eigenvalue weighted by Gasteiger charge is 2.10. The van der Waals surface area contributed by atoms with Crippen LogP contribution in [-0.4, -0.2) is 32.8 Å². The Balaban J connectivity index is 0.00000484. The number of methoxy groups -OCH3 is 2. The number of rotatable bonds is 7. The number of benzene rings is 1. The van der Waals surface area contributed by atoms with E-state index in [9.17, 15) is 0 Å². The maximum Gasteiger partial charge on any atom is 0.191 e. The maximum absolute atomic E-state index is 5.34. The van der Waals surface area contributed by atoms with Gasteiger partial charge >= 0.3 is 0 Å². The smallest absolute Gasteiger partial charge is 0.191 e. The third-order valence-corrected chi connectivity index (χ3v) is 4.04. The van der Waals surface area contributed by atoms with Crippen molar-refractivity contribution in [2.24, 2.45) is 4.99 Å². The Kier molecular flexibility index (Phi) is 11.4.